The number of carbonyl (C=O) groups excluding carboxylic acids is 3. The minimum atomic E-state index is -1.79. The number of anilines is 1. The molecule has 0 saturated carbocycles. The Morgan fingerprint density at radius 1 is 1.28 bits per heavy atom. The maximum atomic E-state index is 13.2. The lowest BCUT2D eigenvalue weighted by Gasteiger charge is -2.50. The maximum Gasteiger partial charge on any atom is 0.350 e. The second-order valence-electron chi connectivity index (χ2n) is 10.1. The molecule has 1 aromatic carbocycles. The number of carbonyl (C=O) groups is 4. The SMILES string of the molecule is CC(C)(O/N=C(/C(=O)N[C@@H]1C(=O)N2C(C(=O)[O-])=C(C[n+]3ccc4cc(O)c(O)cc4c3)CS[C@H]12)c1csc(N)n1)C(=O)O. The smallest absolute Gasteiger partial charge is 0.350 e. The van der Waals surface area contributed by atoms with Crippen LogP contribution in [0.5, 0.6) is 11.5 Å². The van der Waals surface area contributed by atoms with Crippen molar-refractivity contribution in [1.29, 1.82) is 0 Å². The van der Waals surface area contributed by atoms with Crippen LogP contribution < -0.4 is 20.7 Å². The number of aliphatic carboxylic acids is 2. The zero-order valence-corrected chi connectivity index (χ0v) is 24.1. The van der Waals surface area contributed by atoms with Gasteiger partial charge in [-0.15, -0.1) is 23.1 Å². The molecule has 2 aliphatic heterocycles. The number of carboxylic acid groups (broad SMARTS) is 2. The van der Waals surface area contributed by atoms with Gasteiger partial charge in [0.05, 0.1) is 11.7 Å². The summed E-state index contributed by atoms with van der Waals surface area (Å²) in [5.41, 5.74) is 3.54. The van der Waals surface area contributed by atoms with Crippen LogP contribution in [0.25, 0.3) is 10.8 Å². The number of aromatic hydroxyl groups is 2. The number of phenols is 2. The predicted molar refractivity (Wildman–Crippen MR) is 150 cm³/mol. The first kappa shape index (κ1) is 29.6. The second-order valence-corrected chi connectivity index (χ2v) is 12.1. The van der Waals surface area contributed by atoms with Gasteiger partial charge in [0.25, 0.3) is 11.8 Å². The number of fused-ring (bicyclic) bond motifs is 2. The van der Waals surface area contributed by atoms with Crippen molar-refractivity contribution in [3.05, 3.63) is 52.9 Å². The normalized spacial score (nSPS) is 18.7. The molecule has 3 aromatic rings. The van der Waals surface area contributed by atoms with E-state index in [0.29, 0.717) is 16.3 Å². The fourth-order valence-electron chi connectivity index (χ4n) is 4.38. The van der Waals surface area contributed by atoms with Crippen molar-refractivity contribution in [1.82, 2.24) is 15.2 Å². The molecule has 1 fully saturated rings. The molecule has 43 heavy (non-hydrogen) atoms. The van der Waals surface area contributed by atoms with E-state index in [0.717, 1.165) is 16.2 Å². The number of β-lactam (4-membered cyclic amide) rings is 1. The van der Waals surface area contributed by atoms with Crippen LogP contribution in [-0.4, -0.2) is 77.4 Å². The first-order valence-electron chi connectivity index (χ1n) is 12.5. The van der Waals surface area contributed by atoms with Crippen molar-refractivity contribution < 1.29 is 49.0 Å². The highest BCUT2D eigenvalue weighted by molar-refractivity contribution is 8.00. The third kappa shape index (κ3) is 5.63. The summed E-state index contributed by atoms with van der Waals surface area (Å²) in [6.45, 7) is 2.54. The molecule has 4 heterocycles. The lowest BCUT2D eigenvalue weighted by Crippen LogP contribution is -2.71. The largest absolute Gasteiger partial charge is 0.543 e. The van der Waals surface area contributed by atoms with Gasteiger partial charge in [-0.1, -0.05) is 5.16 Å². The number of thioether (sulfide) groups is 1. The van der Waals surface area contributed by atoms with E-state index in [4.69, 9.17) is 10.6 Å². The van der Waals surface area contributed by atoms with Gasteiger partial charge in [-0.2, -0.15) is 0 Å². The third-order valence-electron chi connectivity index (χ3n) is 6.69. The van der Waals surface area contributed by atoms with Gasteiger partial charge < -0.3 is 41.1 Å². The van der Waals surface area contributed by atoms with Gasteiger partial charge in [0, 0.05) is 28.2 Å². The van der Waals surface area contributed by atoms with Gasteiger partial charge in [0.2, 0.25) is 5.60 Å². The molecule has 2 amide bonds. The van der Waals surface area contributed by atoms with Crippen LogP contribution in [0.15, 0.2) is 52.4 Å². The Labute approximate surface area is 250 Å². The molecule has 1 saturated heterocycles. The Kier molecular flexibility index (Phi) is 7.61. The van der Waals surface area contributed by atoms with Crippen molar-refractivity contribution in [2.24, 2.45) is 5.16 Å². The average molecular weight is 629 g/mol. The molecule has 17 heteroatoms. The van der Waals surface area contributed by atoms with Crippen LogP contribution in [-0.2, 0) is 30.6 Å². The number of benzene rings is 1. The number of phenolic OH excluding ortho intramolecular Hbond substituents is 2. The number of thiazole rings is 1. The van der Waals surface area contributed by atoms with Gasteiger partial charge in [-0.3, -0.25) is 14.5 Å². The standard InChI is InChI=1S/C26H24N6O9S2/c1-26(2,24(39)40)41-30-17(14-10-43-25(27)28-14)20(35)29-18-21(36)32-19(23(37)38)13(9-42-22(18)32)8-31-4-3-11-5-15(33)16(34)6-12(11)7-31/h3-7,10,18,22H,8-9H2,1-2H3,(H6,27,28,29,34,35,37,38,39,40)/b30-17+/t18-,22-/m1/s1. The minimum absolute atomic E-state index is 0.00494. The lowest BCUT2D eigenvalue weighted by molar-refractivity contribution is -0.687. The van der Waals surface area contributed by atoms with Crippen molar-refractivity contribution >= 4 is 68.5 Å². The fourth-order valence-corrected chi connectivity index (χ4v) is 6.27. The van der Waals surface area contributed by atoms with Gasteiger partial charge in [0.15, 0.2) is 41.3 Å². The number of hydrogen-bond donors (Lipinski definition) is 5. The predicted octanol–water partition coefficient (Wildman–Crippen LogP) is -0.735. The summed E-state index contributed by atoms with van der Waals surface area (Å²) >= 11 is 2.23. The van der Waals surface area contributed by atoms with Crippen molar-refractivity contribution in [2.45, 2.75) is 37.4 Å². The van der Waals surface area contributed by atoms with Gasteiger partial charge in [-0.05, 0) is 31.4 Å². The quantitative estimate of drug-likeness (QED) is 0.0649. The zero-order chi connectivity index (χ0) is 31.2. The number of amides is 2. The Balaban J connectivity index is 1.37. The molecular weight excluding hydrogens is 604 g/mol. The number of nitrogens with two attached hydrogens (primary N) is 1. The molecule has 5 rings (SSSR count). The van der Waals surface area contributed by atoms with Gasteiger partial charge >= 0.3 is 5.97 Å². The van der Waals surface area contributed by atoms with Gasteiger partial charge in [-0.25, -0.2) is 14.3 Å². The zero-order valence-electron chi connectivity index (χ0n) is 22.5. The Morgan fingerprint density at radius 2 is 1.98 bits per heavy atom. The van der Waals surface area contributed by atoms with E-state index in [1.807, 2.05) is 0 Å². The molecule has 2 atom stereocenters. The molecule has 0 unspecified atom stereocenters. The van der Waals surface area contributed by atoms with E-state index >= 15 is 0 Å². The number of nitrogen functional groups attached to an aromatic ring is 1. The Hall–Kier alpha value is -4.90. The number of aromatic nitrogens is 2. The van der Waals surface area contributed by atoms with Crippen molar-refractivity contribution in [3.63, 3.8) is 0 Å². The molecule has 6 N–H and O–H groups in total. The number of oxime groups is 1. The summed E-state index contributed by atoms with van der Waals surface area (Å²) in [6, 6.07) is 3.32. The van der Waals surface area contributed by atoms with Crippen LogP contribution >= 0.6 is 23.1 Å². The lowest BCUT2D eigenvalue weighted by atomic mass is 10.0. The third-order valence-corrected chi connectivity index (χ3v) is 8.70. The molecular formula is C26H24N6O9S2. The highest BCUT2D eigenvalue weighted by Crippen LogP contribution is 2.40. The molecule has 2 aromatic heterocycles. The highest BCUT2D eigenvalue weighted by Gasteiger charge is 2.53. The van der Waals surface area contributed by atoms with Crippen molar-refractivity contribution in [3.8, 4) is 11.5 Å². The van der Waals surface area contributed by atoms with E-state index in [1.54, 1.807) is 23.0 Å². The minimum Gasteiger partial charge on any atom is -0.543 e. The number of carboxylic acids is 2. The van der Waals surface area contributed by atoms with Crippen LogP contribution in [0.3, 0.4) is 0 Å². The summed E-state index contributed by atoms with van der Waals surface area (Å²) < 4.78 is 1.67. The van der Waals surface area contributed by atoms with Crippen LogP contribution in [0.1, 0.15) is 19.5 Å². The monoisotopic (exact) mass is 628 g/mol. The Morgan fingerprint density at radius 3 is 2.60 bits per heavy atom. The number of nitrogens with one attached hydrogen (secondary N) is 1. The van der Waals surface area contributed by atoms with E-state index in [2.05, 4.69) is 15.5 Å². The number of pyridine rings is 1. The molecule has 0 aliphatic carbocycles. The van der Waals surface area contributed by atoms with Crippen molar-refractivity contribution in [2.75, 3.05) is 11.5 Å². The van der Waals surface area contributed by atoms with Crippen LogP contribution in [0.2, 0.25) is 0 Å². The summed E-state index contributed by atoms with van der Waals surface area (Å²) in [5.74, 6) is -4.90. The first-order chi connectivity index (χ1) is 20.3. The summed E-state index contributed by atoms with van der Waals surface area (Å²) in [7, 11) is 0. The average Bonchev–Trinajstić information content (AvgIpc) is 3.37. The molecule has 224 valence electrons. The molecule has 0 spiro atoms. The summed E-state index contributed by atoms with van der Waals surface area (Å²) in [4.78, 5) is 60.2. The van der Waals surface area contributed by atoms with E-state index in [-0.39, 0.29) is 40.3 Å². The fraction of sp³-hybridized carbons (Fsp3) is 0.269. The van der Waals surface area contributed by atoms with E-state index in [9.17, 15) is 39.6 Å². The topological polar surface area (TPSA) is 232 Å². The highest BCUT2D eigenvalue weighted by atomic mass is 32.2. The number of rotatable bonds is 9. The van der Waals surface area contributed by atoms with E-state index in [1.165, 1.54) is 43.1 Å². The molecule has 0 radical (unpaired) electrons. The second kappa shape index (κ2) is 11.1. The molecule has 15 nitrogen and oxygen atoms in total. The molecule has 0 bridgehead atoms. The van der Waals surface area contributed by atoms with E-state index < -0.39 is 46.5 Å². The number of nitrogens with zero attached hydrogens (tertiary/aromatic N) is 4. The van der Waals surface area contributed by atoms with Crippen LogP contribution in [0, 0.1) is 0 Å². The first-order valence-corrected chi connectivity index (χ1v) is 14.4. The number of hydrogen-bond acceptors (Lipinski definition) is 13. The van der Waals surface area contributed by atoms with Gasteiger partial charge in [0.1, 0.15) is 17.1 Å². The van der Waals surface area contributed by atoms with Crippen LogP contribution in [0.4, 0.5) is 5.13 Å². The summed E-state index contributed by atoms with van der Waals surface area (Å²) in [5, 5.41) is 49.3. The summed E-state index contributed by atoms with van der Waals surface area (Å²) in [6.07, 6.45) is 3.32. The Bertz CT molecular complexity index is 1750. The molecule has 2 aliphatic rings. The maximum absolute atomic E-state index is 13.2.